The molecular weight excluding hydrogens is 302 g/mol. The fraction of sp³-hybridized carbons (Fsp3) is 0.368. The number of ether oxygens (including phenoxy) is 1. The molecule has 1 N–H and O–H groups in total. The van der Waals surface area contributed by atoms with Gasteiger partial charge in [0.1, 0.15) is 11.4 Å². The van der Waals surface area contributed by atoms with Gasteiger partial charge in [-0.2, -0.15) is 0 Å². The highest BCUT2D eigenvalue weighted by molar-refractivity contribution is 6.02. The van der Waals surface area contributed by atoms with Crippen LogP contribution in [0.25, 0.3) is 0 Å². The van der Waals surface area contributed by atoms with Gasteiger partial charge in [-0.25, -0.2) is 4.98 Å². The normalized spacial score (nSPS) is 14.8. The molecule has 2 heterocycles. The van der Waals surface area contributed by atoms with Gasteiger partial charge in [0, 0.05) is 18.8 Å². The van der Waals surface area contributed by atoms with E-state index in [2.05, 4.69) is 15.2 Å². The number of pyridine rings is 1. The number of benzene rings is 1. The van der Waals surface area contributed by atoms with E-state index >= 15 is 0 Å². The van der Waals surface area contributed by atoms with Crippen LogP contribution in [0, 0.1) is 0 Å². The number of aromatic nitrogens is 1. The highest BCUT2D eigenvalue weighted by Crippen LogP contribution is 2.19. The first-order valence-electron chi connectivity index (χ1n) is 8.43. The third-order valence-electron chi connectivity index (χ3n) is 4.30. The molecule has 2 aromatic rings. The number of nitrogens with zero attached hydrogens (tertiary/aromatic N) is 2. The lowest BCUT2D eigenvalue weighted by Crippen LogP contribution is -2.24. The maximum Gasteiger partial charge on any atom is 0.274 e. The number of anilines is 2. The molecular formula is C19H23N3O2. The second-order valence-corrected chi connectivity index (χ2v) is 5.99. The minimum absolute atomic E-state index is 0.206. The fourth-order valence-corrected chi connectivity index (χ4v) is 2.91. The van der Waals surface area contributed by atoms with Crippen molar-refractivity contribution in [3.63, 3.8) is 0 Å². The zero-order valence-corrected chi connectivity index (χ0v) is 14.0. The van der Waals surface area contributed by atoms with Crippen molar-refractivity contribution < 1.29 is 9.53 Å². The topological polar surface area (TPSA) is 54.5 Å². The summed E-state index contributed by atoms with van der Waals surface area (Å²) in [5, 5.41) is 2.85. The first kappa shape index (κ1) is 16.3. The van der Waals surface area contributed by atoms with Gasteiger partial charge in [-0.3, -0.25) is 4.79 Å². The summed E-state index contributed by atoms with van der Waals surface area (Å²) in [5.41, 5.74) is 2.24. The molecule has 1 saturated heterocycles. The zero-order valence-electron chi connectivity index (χ0n) is 14.0. The van der Waals surface area contributed by atoms with Crippen molar-refractivity contribution in [2.75, 3.05) is 30.4 Å². The maximum absolute atomic E-state index is 12.3. The molecule has 1 amide bonds. The van der Waals surface area contributed by atoms with Gasteiger partial charge in [0.25, 0.3) is 5.91 Å². The van der Waals surface area contributed by atoms with Gasteiger partial charge in [0.15, 0.2) is 0 Å². The summed E-state index contributed by atoms with van der Waals surface area (Å²) in [6.45, 7) is 2.14. The van der Waals surface area contributed by atoms with Gasteiger partial charge in [0.05, 0.1) is 19.0 Å². The molecule has 5 heteroatoms. The first-order chi connectivity index (χ1) is 11.8. The van der Waals surface area contributed by atoms with E-state index in [1.165, 1.54) is 25.7 Å². The number of hydrogen-bond acceptors (Lipinski definition) is 4. The Morgan fingerprint density at radius 2 is 1.75 bits per heavy atom. The van der Waals surface area contributed by atoms with Gasteiger partial charge < -0.3 is 15.0 Å². The molecule has 0 saturated carbocycles. The highest BCUT2D eigenvalue weighted by atomic mass is 16.5. The van der Waals surface area contributed by atoms with Crippen molar-refractivity contribution in [3.8, 4) is 5.75 Å². The number of carbonyl (C=O) groups excluding carboxylic acids is 1. The molecule has 1 aromatic heterocycles. The molecule has 0 radical (unpaired) electrons. The molecule has 5 nitrogen and oxygen atoms in total. The standard InChI is InChI=1S/C19H23N3O2/c1-24-17-9-6-15(7-10-17)21-19(23)18-11-8-16(14-20-18)22-12-4-2-3-5-13-22/h6-11,14H,2-5,12-13H2,1H3,(H,21,23). The van der Waals surface area contributed by atoms with Crippen LogP contribution in [0.2, 0.25) is 0 Å². The predicted octanol–water partition coefficient (Wildman–Crippen LogP) is 3.72. The Morgan fingerprint density at radius 3 is 2.33 bits per heavy atom. The van der Waals surface area contributed by atoms with Gasteiger partial charge in [-0.15, -0.1) is 0 Å². The second-order valence-electron chi connectivity index (χ2n) is 5.99. The van der Waals surface area contributed by atoms with E-state index in [-0.39, 0.29) is 5.91 Å². The van der Waals surface area contributed by atoms with Crippen molar-refractivity contribution >= 4 is 17.3 Å². The summed E-state index contributed by atoms with van der Waals surface area (Å²) in [7, 11) is 1.61. The van der Waals surface area contributed by atoms with Crippen LogP contribution in [-0.2, 0) is 0 Å². The van der Waals surface area contributed by atoms with Gasteiger partial charge in [-0.05, 0) is 49.2 Å². The molecule has 0 unspecified atom stereocenters. The molecule has 1 fully saturated rings. The Hall–Kier alpha value is -2.56. The minimum atomic E-state index is -0.206. The predicted molar refractivity (Wildman–Crippen MR) is 95.9 cm³/mol. The number of rotatable bonds is 4. The Labute approximate surface area is 142 Å². The van der Waals surface area contributed by atoms with Crippen molar-refractivity contribution in [1.82, 2.24) is 4.98 Å². The van der Waals surface area contributed by atoms with Crippen LogP contribution in [0.15, 0.2) is 42.6 Å². The number of methoxy groups -OCH3 is 1. The fourth-order valence-electron chi connectivity index (χ4n) is 2.91. The molecule has 0 spiro atoms. The van der Waals surface area contributed by atoms with Crippen LogP contribution in [0.1, 0.15) is 36.2 Å². The molecule has 0 bridgehead atoms. The number of amides is 1. The quantitative estimate of drug-likeness (QED) is 0.931. The van der Waals surface area contributed by atoms with Crippen molar-refractivity contribution in [1.29, 1.82) is 0 Å². The minimum Gasteiger partial charge on any atom is -0.497 e. The summed E-state index contributed by atoms with van der Waals surface area (Å²) in [6, 6.07) is 11.0. The molecule has 1 aliphatic heterocycles. The Balaban J connectivity index is 1.64. The third kappa shape index (κ3) is 4.04. The summed E-state index contributed by atoms with van der Waals surface area (Å²) >= 11 is 0. The van der Waals surface area contributed by atoms with Crippen LogP contribution in [0.4, 0.5) is 11.4 Å². The monoisotopic (exact) mass is 325 g/mol. The van der Waals surface area contributed by atoms with Crippen LogP contribution < -0.4 is 15.0 Å². The van der Waals surface area contributed by atoms with Gasteiger partial charge >= 0.3 is 0 Å². The first-order valence-corrected chi connectivity index (χ1v) is 8.43. The van der Waals surface area contributed by atoms with Crippen molar-refractivity contribution in [2.45, 2.75) is 25.7 Å². The lowest BCUT2D eigenvalue weighted by atomic mass is 10.2. The van der Waals surface area contributed by atoms with E-state index in [1.54, 1.807) is 19.4 Å². The van der Waals surface area contributed by atoms with Crippen molar-refractivity contribution in [2.24, 2.45) is 0 Å². The summed E-state index contributed by atoms with van der Waals surface area (Å²) < 4.78 is 5.11. The number of hydrogen-bond donors (Lipinski definition) is 1. The molecule has 1 aromatic carbocycles. The number of carbonyl (C=O) groups is 1. The van der Waals surface area contributed by atoms with Crippen LogP contribution in [0.3, 0.4) is 0 Å². The van der Waals surface area contributed by atoms with Crippen LogP contribution >= 0.6 is 0 Å². The lowest BCUT2D eigenvalue weighted by molar-refractivity contribution is 0.102. The highest BCUT2D eigenvalue weighted by Gasteiger charge is 2.12. The van der Waals surface area contributed by atoms with E-state index < -0.39 is 0 Å². The van der Waals surface area contributed by atoms with E-state index in [4.69, 9.17) is 4.74 Å². The van der Waals surface area contributed by atoms with Crippen LogP contribution in [0.5, 0.6) is 5.75 Å². The lowest BCUT2D eigenvalue weighted by Gasteiger charge is -2.22. The van der Waals surface area contributed by atoms with Crippen molar-refractivity contribution in [3.05, 3.63) is 48.3 Å². The molecule has 0 aliphatic carbocycles. The molecule has 24 heavy (non-hydrogen) atoms. The summed E-state index contributed by atoms with van der Waals surface area (Å²) in [6.07, 6.45) is 6.84. The average molecular weight is 325 g/mol. The maximum atomic E-state index is 12.3. The average Bonchev–Trinajstić information content (AvgIpc) is 2.92. The second kappa shape index (κ2) is 7.81. The Kier molecular flexibility index (Phi) is 5.31. The Bertz CT molecular complexity index is 660. The summed E-state index contributed by atoms with van der Waals surface area (Å²) in [5.74, 6) is 0.551. The van der Waals surface area contributed by atoms with E-state index in [1.807, 2.05) is 30.3 Å². The summed E-state index contributed by atoms with van der Waals surface area (Å²) in [4.78, 5) is 19.0. The van der Waals surface area contributed by atoms with E-state index in [0.717, 1.165) is 30.2 Å². The SMILES string of the molecule is COc1ccc(NC(=O)c2ccc(N3CCCCCC3)cn2)cc1. The van der Waals surface area contributed by atoms with Gasteiger partial charge in [-0.1, -0.05) is 12.8 Å². The largest absolute Gasteiger partial charge is 0.497 e. The smallest absolute Gasteiger partial charge is 0.274 e. The number of nitrogens with one attached hydrogen (secondary N) is 1. The van der Waals surface area contributed by atoms with E-state index in [0.29, 0.717) is 5.69 Å². The Morgan fingerprint density at radius 1 is 1.04 bits per heavy atom. The third-order valence-corrected chi connectivity index (χ3v) is 4.30. The molecule has 126 valence electrons. The van der Waals surface area contributed by atoms with Gasteiger partial charge in [0.2, 0.25) is 0 Å². The van der Waals surface area contributed by atoms with Crippen LogP contribution in [-0.4, -0.2) is 31.1 Å². The molecule has 1 aliphatic rings. The molecule has 0 atom stereocenters. The van der Waals surface area contributed by atoms with E-state index in [9.17, 15) is 4.79 Å². The zero-order chi connectivity index (χ0) is 16.8. The molecule has 3 rings (SSSR count).